The maximum absolute atomic E-state index is 11.8. The van der Waals surface area contributed by atoms with E-state index in [1.165, 1.54) is 0 Å². The zero-order chi connectivity index (χ0) is 15.1. The summed E-state index contributed by atoms with van der Waals surface area (Å²) < 4.78 is 7.60. The van der Waals surface area contributed by atoms with Gasteiger partial charge in [-0.1, -0.05) is 0 Å². The molecular formula is C15H20N4O2. The van der Waals surface area contributed by atoms with E-state index in [1.807, 2.05) is 36.7 Å². The summed E-state index contributed by atoms with van der Waals surface area (Å²) in [4.78, 5) is 19.9. The van der Waals surface area contributed by atoms with Crippen molar-refractivity contribution in [3.8, 4) is 5.75 Å². The lowest BCUT2D eigenvalue weighted by Crippen LogP contribution is -2.34. The second-order valence-corrected chi connectivity index (χ2v) is 4.84. The first-order valence-electron chi connectivity index (χ1n) is 6.96. The van der Waals surface area contributed by atoms with Crippen molar-refractivity contribution in [3.63, 3.8) is 0 Å². The number of pyridine rings is 1. The van der Waals surface area contributed by atoms with Crippen LogP contribution < -0.4 is 10.1 Å². The Labute approximate surface area is 124 Å². The molecule has 2 aromatic heterocycles. The molecule has 1 unspecified atom stereocenters. The average Bonchev–Trinajstić information content (AvgIpc) is 2.89. The van der Waals surface area contributed by atoms with Crippen LogP contribution in [0.1, 0.15) is 19.2 Å². The summed E-state index contributed by atoms with van der Waals surface area (Å²) in [5, 5.41) is 2.87. The minimum absolute atomic E-state index is 0.00439. The molecule has 0 spiro atoms. The SMILES string of the molecule is Cc1nccn1CCC(=O)NCC(C)Oc1cccnc1. The minimum Gasteiger partial charge on any atom is -0.487 e. The molecule has 6 heteroatoms. The minimum atomic E-state index is -0.104. The molecule has 21 heavy (non-hydrogen) atoms. The highest BCUT2D eigenvalue weighted by atomic mass is 16.5. The predicted molar refractivity (Wildman–Crippen MR) is 78.9 cm³/mol. The second-order valence-electron chi connectivity index (χ2n) is 4.84. The van der Waals surface area contributed by atoms with Gasteiger partial charge >= 0.3 is 0 Å². The van der Waals surface area contributed by atoms with Crippen LogP contribution in [0.5, 0.6) is 5.75 Å². The molecule has 0 saturated heterocycles. The van der Waals surface area contributed by atoms with Gasteiger partial charge in [-0.3, -0.25) is 9.78 Å². The Balaban J connectivity index is 1.68. The van der Waals surface area contributed by atoms with Gasteiger partial charge in [-0.25, -0.2) is 4.98 Å². The zero-order valence-corrected chi connectivity index (χ0v) is 12.3. The Kier molecular flexibility index (Phi) is 5.31. The number of carbonyl (C=O) groups is 1. The van der Waals surface area contributed by atoms with Gasteiger partial charge in [0.15, 0.2) is 0 Å². The van der Waals surface area contributed by atoms with Crippen LogP contribution in [0.4, 0.5) is 0 Å². The van der Waals surface area contributed by atoms with Crippen molar-refractivity contribution in [2.75, 3.05) is 6.54 Å². The highest BCUT2D eigenvalue weighted by Crippen LogP contribution is 2.08. The molecule has 1 amide bonds. The second kappa shape index (κ2) is 7.42. The van der Waals surface area contributed by atoms with Crippen LogP contribution in [0.25, 0.3) is 0 Å². The van der Waals surface area contributed by atoms with Gasteiger partial charge < -0.3 is 14.6 Å². The summed E-state index contributed by atoms with van der Waals surface area (Å²) in [6.07, 6.45) is 7.27. The van der Waals surface area contributed by atoms with Crippen LogP contribution in [0, 0.1) is 6.92 Å². The number of rotatable bonds is 7. The molecule has 2 heterocycles. The third-order valence-corrected chi connectivity index (χ3v) is 3.06. The fraction of sp³-hybridized carbons (Fsp3) is 0.400. The molecule has 6 nitrogen and oxygen atoms in total. The van der Waals surface area contributed by atoms with Crippen LogP contribution in [-0.4, -0.2) is 33.1 Å². The molecule has 0 bridgehead atoms. The number of aromatic nitrogens is 3. The number of nitrogens with zero attached hydrogens (tertiary/aromatic N) is 3. The third-order valence-electron chi connectivity index (χ3n) is 3.06. The number of carbonyl (C=O) groups excluding carboxylic acids is 1. The normalized spacial score (nSPS) is 11.9. The van der Waals surface area contributed by atoms with Gasteiger partial charge in [0.1, 0.15) is 17.7 Å². The van der Waals surface area contributed by atoms with Gasteiger partial charge in [0.05, 0.1) is 12.7 Å². The molecule has 112 valence electrons. The summed E-state index contributed by atoms with van der Waals surface area (Å²) in [6.45, 7) is 4.93. The van der Waals surface area contributed by atoms with Gasteiger partial charge in [0.2, 0.25) is 5.91 Å². The smallest absolute Gasteiger partial charge is 0.221 e. The predicted octanol–water partition coefficient (Wildman–Crippen LogP) is 1.56. The maximum Gasteiger partial charge on any atom is 0.221 e. The first kappa shape index (κ1) is 15.0. The number of aryl methyl sites for hydroxylation is 2. The molecule has 2 aromatic rings. The molecule has 0 aliphatic carbocycles. The molecule has 0 aromatic carbocycles. The summed E-state index contributed by atoms with van der Waals surface area (Å²) in [5.74, 6) is 1.62. The van der Waals surface area contributed by atoms with Gasteiger partial charge in [-0.05, 0) is 26.0 Å². The van der Waals surface area contributed by atoms with Gasteiger partial charge in [0, 0.05) is 31.6 Å². The van der Waals surface area contributed by atoms with E-state index in [2.05, 4.69) is 15.3 Å². The van der Waals surface area contributed by atoms with Crippen molar-refractivity contribution in [2.45, 2.75) is 32.9 Å². The average molecular weight is 288 g/mol. The summed E-state index contributed by atoms with van der Waals surface area (Å²) in [7, 11) is 0. The van der Waals surface area contributed by atoms with E-state index in [1.54, 1.807) is 18.6 Å². The number of imidazole rings is 1. The van der Waals surface area contributed by atoms with Crippen molar-refractivity contribution < 1.29 is 9.53 Å². The molecule has 0 saturated carbocycles. The van der Waals surface area contributed by atoms with Crippen molar-refractivity contribution in [2.24, 2.45) is 0 Å². The first-order valence-corrected chi connectivity index (χ1v) is 6.96. The van der Waals surface area contributed by atoms with E-state index >= 15 is 0 Å². The fourth-order valence-electron chi connectivity index (χ4n) is 1.90. The summed E-state index contributed by atoms with van der Waals surface area (Å²) >= 11 is 0. The molecule has 0 radical (unpaired) electrons. The molecule has 2 rings (SSSR count). The Morgan fingerprint density at radius 1 is 1.48 bits per heavy atom. The standard InChI is InChI=1S/C15H20N4O2/c1-12(21-14-4-3-6-16-11-14)10-18-15(20)5-8-19-9-7-17-13(19)2/h3-4,6-7,9,11-12H,5,8,10H2,1-2H3,(H,18,20). The molecule has 1 N–H and O–H groups in total. The molecular weight excluding hydrogens is 268 g/mol. The van der Waals surface area contributed by atoms with Gasteiger partial charge in [-0.15, -0.1) is 0 Å². The van der Waals surface area contributed by atoms with Crippen molar-refractivity contribution in [1.82, 2.24) is 19.9 Å². The lowest BCUT2D eigenvalue weighted by Gasteiger charge is -2.15. The largest absolute Gasteiger partial charge is 0.487 e. The third kappa shape index (κ3) is 4.91. The highest BCUT2D eigenvalue weighted by molar-refractivity contribution is 5.75. The number of hydrogen-bond acceptors (Lipinski definition) is 4. The Morgan fingerprint density at radius 3 is 3.00 bits per heavy atom. The fourth-order valence-corrected chi connectivity index (χ4v) is 1.90. The van der Waals surface area contributed by atoms with Crippen LogP contribution in [0.3, 0.4) is 0 Å². The number of hydrogen-bond donors (Lipinski definition) is 1. The quantitative estimate of drug-likeness (QED) is 0.839. The van der Waals surface area contributed by atoms with Crippen molar-refractivity contribution in [3.05, 3.63) is 42.7 Å². The van der Waals surface area contributed by atoms with E-state index in [0.29, 0.717) is 25.3 Å². The first-order chi connectivity index (χ1) is 10.1. The lowest BCUT2D eigenvalue weighted by molar-refractivity contribution is -0.121. The van der Waals surface area contributed by atoms with E-state index in [0.717, 1.165) is 5.82 Å². The topological polar surface area (TPSA) is 69.0 Å². The number of nitrogens with one attached hydrogen (secondary N) is 1. The monoisotopic (exact) mass is 288 g/mol. The van der Waals surface area contributed by atoms with Crippen LogP contribution in [0.15, 0.2) is 36.9 Å². The van der Waals surface area contributed by atoms with E-state index in [4.69, 9.17) is 4.74 Å². The number of ether oxygens (including phenoxy) is 1. The van der Waals surface area contributed by atoms with Crippen molar-refractivity contribution in [1.29, 1.82) is 0 Å². The highest BCUT2D eigenvalue weighted by Gasteiger charge is 2.08. The molecule has 0 aliphatic heterocycles. The van der Waals surface area contributed by atoms with Crippen molar-refractivity contribution >= 4 is 5.91 Å². The Bertz CT molecular complexity index is 568. The lowest BCUT2D eigenvalue weighted by atomic mass is 10.3. The van der Waals surface area contributed by atoms with E-state index < -0.39 is 0 Å². The van der Waals surface area contributed by atoms with Gasteiger partial charge in [-0.2, -0.15) is 0 Å². The Morgan fingerprint density at radius 2 is 2.33 bits per heavy atom. The van der Waals surface area contributed by atoms with E-state index in [-0.39, 0.29) is 12.0 Å². The summed E-state index contributed by atoms with van der Waals surface area (Å²) in [5.41, 5.74) is 0. The summed E-state index contributed by atoms with van der Waals surface area (Å²) in [6, 6.07) is 3.65. The zero-order valence-electron chi connectivity index (χ0n) is 12.3. The van der Waals surface area contributed by atoms with E-state index in [9.17, 15) is 4.79 Å². The molecule has 0 fully saturated rings. The molecule has 0 aliphatic rings. The van der Waals surface area contributed by atoms with Crippen LogP contribution in [-0.2, 0) is 11.3 Å². The number of amides is 1. The maximum atomic E-state index is 11.8. The Hall–Kier alpha value is -2.37. The van der Waals surface area contributed by atoms with Crippen LogP contribution in [0.2, 0.25) is 0 Å². The van der Waals surface area contributed by atoms with Crippen LogP contribution >= 0.6 is 0 Å². The molecule has 1 atom stereocenters. The van der Waals surface area contributed by atoms with Gasteiger partial charge in [0.25, 0.3) is 0 Å².